The first-order valence-corrected chi connectivity index (χ1v) is 7.96. The maximum Gasteiger partial charge on any atom is 0.185 e. The van der Waals surface area contributed by atoms with Gasteiger partial charge in [-0.3, -0.25) is 9.89 Å². The molecule has 3 aromatic rings. The number of anilines is 1. The molecule has 1 heterocycles. The molecule has 0 spiro atoms. The third-order valence-corrected chi connectivity index (χ3v) is 3.89. The number of benzene rings is 2. The number of hydrogen-bond donors (Lipinski definition) is 2. The van der Waals surface area contributed by atoms with Crippen molar-refractivity contribution in [2.45, 2.75) is 0 Å². The number of ketones is 1. The molecule has 0 unspecified atom stereocenters. The van der Waals surface area contributed by atoms with Gasteiger partial charge in [0.1, 0.15) is 0 Å². The van der Waals surface area contributed by atoms with E-state index in [1.165, 1.54) is 6.08 Å². The molecule has 0 aliphatic heterocycles. The molecular formula is C20H19N3O3. The molecule has 3 rings (SSSR count). The molecule has 0 radical (unpaired) electrons. The van der Waals surface area contributed by atoms with E-state index in [9.17, 15) is 4.79 Å². The molecule has 0 saturated heterocycles. The minimum Gasteiger partial charge on any atom is -0.493 e. The first-order chi connectivity index (χ1) is 12.6. The number of aromatic nitrogens is 2. The van der Waals surface area contributed by atoms with Crippen molar-refractivity contribution in [1.82, 2.24) is 10.2 Å². The lowest BCUT2D eigenvalue weighted by atomic mass is 10.1. The summed E-state index contributed by atoms with van der Waals surface area (Å²) in [6.45, 7) is 0. The molecule has 0 aliphatic rings. The van der Waals surface area contributed by atoms with Crippen molar-refractivity contribution in [3.8, 4) is 22.8 Å². The highest BCUT2D eigenvalue weighted by Crippen LogP contribution is 2.31. The lowest BCUT2D eigenvalue weighted by Gasteiger charge is -2.08. The Morgan fingerprint density at radius 1 is 1.04 bits per heavy atom. The van der Waals surface area contributed by atoms with Gasteiger partial charge in [-0.1, -0.05) is 0 Å². The fourth-order valence-corrected chi connectivity index (χ4v) is 2.47. The molecule has 1 aromatic heterocycles. The highest BCUT2D eigenvalue weighted by atomic mass is 16.5. The van der Waals surface area contributed by atoms with E-state index in [1.54, 1.807) is 44.6 Å². The number of nitrogens with one attached hydrogen (secondary N) is 1. The van der Waals surface area contributed by atoms with Gasteiger partial charge in [0, 0.05) is 16.8 Å². The van der Waals surface area contributed by atoms with Gasteiger partial charge < -0.3 is 15.2 Å². The zero-order chi connectivity index (χ0) is 18.5. The molecule has 26 heavy (non-hydrogen) atoms. The van der Waals surface area contributed by atoms with Gasteiger partial charge in [-0.2, -0.15) is 5.10 Å². The van der Waals surface area contributed by atoms with Gasteiger partial charge in [-0.05, 0) is 60.7 Å². The topological polar surface area (TPSA) is 90.2 Å². The molecule has 0 saturated carbocycles. The minimum absolute atomic E-state index is 0.104. The number of nitrogens with two attached hydrogens (primary N) is 1. The maximum atomic E-state index is 12.2. The maximum absolute atomic E-state index is 12.2. The molecule has 0 aliphatic carbocycles. The second-order valence-corrected chi connectivity index (χ2v) is 5.60. The van der Waals surface area contributed by atoms with E-state index in [0.717, 1.165) is 17.0 Å². The summed E-state index contributed by atoms with van der Waals surface area (Å²) in [4.78, 5) is 12.2. The summed E-state index contributed by atoms with van der Waals surface area (Å²) in [6, 6.07) is 14.2. The number of carbonyl (C=O) groups excluding carboxylic acids is 1. The van der Waals surface area contributed by atoms with Gasteiger partial charge >= 0.3 is 0 Å². The summed E-state index contributed by atoms with van der Waals surface area (Å²) >= 11 is 0. The van der Waals surface area contributed by atoms with Crippen molar-refractivity contribution in [1.29, 1.82) is 0 Å². The van der Waals surface area contributed by atoms with Gasteiger partial charge in [0.25, 0.3) is 0 Å². The zero-order valence-corrected chi connectivity index (χ0v) is 14.5. The zero-order valence-electron chi connectivity index (χ0n) is 14.5. The SMILES string of the molecule is COc1ccc(-c2cc(C=CC(=O)c3ccc(N)cc3)[nH]n2)cc1OC. The average Bonchev–Trinajstić information content (AvgIpc) is 3.15. The lowest BCUT2D eigenvalue weighted by Crippen LogP contribution is -1.94. The van der Waals surface area contributed by atoms with Crippen LogP contribution >= 0.6 is 0 Å². The van der Waals surface area contributed by atoms with Gasteiger partial charge in [-0.15, -0.1) is 0 Å². The van der Waals surface area contributed by atoms with Crippen molar-refractivity contribution >= 4 is 17.5 Å². The number of allylic oxidation sites excluding steroid dienone is 1. The number of aromatic amines is 1. The Balaban J connectivity index is 1.77. The van der Waals surface area contributed by atoms with E-state index in [0.29, 0.717) is 22.7 Å². The number of hydrogen-bond acceptors (Lipinski definition) is 5. The summed E-state index contributed by atoms with van der Waals surface area (Å²) in [7, 11) is 3.18. The second-order valence-electron chi connectivity index (χ2n) is 5.60. The van der Waals surface area contributed by atoms with Gasteiger partial charge in [0.2, 0.25) is 0 Å². The summed E-state index contributed by atoms with van der Waals surface area (Å²) in [5, 5.41) is 7.18. The summed E-state index contributed by atoms with van der Waals surface area (Å²) in [5.74, 6) is 1.18. The summed E-state index contributed by atoms with van der Waals surface area (Å²) < 4.78 is 10.5. The van der Waals surface area contributed by atoms with Gasteiger partial charge in [0.05, 0.1) is 25.6 Å². The number of nitrogens with zero attached hydrogens (tertiary/aromatic N) is 1. The van der Waals surface area contributed by atoms with Crippen LogP contribution in [0.1, 0.15) is 16.1 Å². The van der Waals surface area contributed by atoms with E-state index in [-0.39, 0.29) is 5.78 Å². The number of methoxy groups -OCH3 is 2. The van der Waals surface area contributed by atoms with Crippen LogP contribution < -0.4 is 15.2 Å². The normalized spacial score (nSPS) is 10.8. The Hall–Kier alpha value is -3.54. The van der Waals surface area contributed by atoms with Crippen molar-refractivity contribution in [2.24, 2.45) is 0 Å². The van der Waals surface area contributed by atoms with Crippen LogP contribution in [0.4, 0.5) is 5.69 Å². The average molecular weight is 349 g/mol. The molecule has 0 amide bonds. The molecule has 6 heteroatoms. The minimum atomic E-state index is -0.104. The molecule has 6 nitrogen and oxygen atoms in total. The summed E-state index contributed by atoms with van der Waals surface area (Å²) in [5.41, 5.74) is 9.17. The van der Waals surface area contributed by atoms with Crippen LogP contribution in [-0.2, 0) is 0 Å². The van der Waals surface area contributed by atoms with Crippen molar-refractivity contribution in [3.05, 3.63) is 65.9 Å². The Labute approximate surface area is 151 Å². The first kappa shape index (κ1) is 17.3. The number of H-pyrrole nitrogens is 1. The monoisotopic (exact) mass is 349 g/mol. The molecule has 132 valence electrons. The Morgan fingerprint density at radius 2 is 1.77 bits per heavy atom. The quantitative estimate of drug-likeness (QED) is 0.403. The number of rotatable bonds is 6. The third-order valence-electron chi connectivity index (χ3n) is 3.89. The summed E-state index contributed by atoms with van der Waals surface area (Å²) in [6.07, 6.45) is 3.19. The lowest BCUT2D eigenvalue weighted by molar-refractivity contribution is 0.104. The predicted molar refractivity (Wildman–Crippen MR) is 101 cm³/mol. The Kier molecular flexibility index (Phi) is 5.03. The Morgan fingerprint density at radius 3 is 2.46 bits per heavy atom. The molecule has 0 bridgehead atoms. The van der Waals surface area contributed by atoms with Crippen molar-refractivity contribution in [3.63, 3.8) is 0 Å². The Bertz CT molecular complexity index is 943. The smallest absolute Gasteiger partial charge is 0.185 e. The van der Waals surface area contributed by atoms with Gasteiger partial charge in [0.15, 0.2) is 17.3 Å². The predicted octanol–water partition coefficient (Wildman–Crippen LogP) is 3.57. The molecular weight excluding hydrogens is 330 g/mol. The van der Waals surface area contributed by atoms with E-state index < -0.39 is 0 Å². The number of ether oxygens (including phenoxy) is 2. The molecule has 0 fully saturated rings. The van der Waals surface area contributed by atoms with Crippen LogP contribution in [0.3, 0.4) is 0 Å². The van der Waals surface area contributed by atoms with Crippen LogP contribution in [0, 0.1) is 0 Å². The van der Waals surface area contributed by atoms with Gasteiger partial charge in [-0.25, -0.2) is 0 Å². The van der Waals surface area contributed by atoms with Crippen LogP contribution in [0.25, 0.3) is 17.3 Å². The number of nitrogen functional groups attached to an aromatic ring is 1. The first-order valence-electron chi connectivity index (χ1n) is 7.96. The van der Waals surface area contributed by atoms with Crippen LogP contribution in [0.2, 0.25) is 0 Å². The highest BCUT2D eigenvalue weighted by Gasteiger charge is 2.09. The third kappa shape index (κ3) is 3.75. The molecule has 2 aromatic carbocycles. The standard InChI is InChI=1S/C20H19N3O3/c1-25-19-10-5-14(11-20(19)26-2)17-12-16(22-23-17)8-9-18(24)13-3-6-15(21)7-4-13/h3-12H,21H2,1-2H3,(H,22,23). The van der Waals surface area contributed by atoms with Crippen molar-refractivity contribution in [2.75, 3.05) is 20.0 Å². The largest absolute Gasteiger partial charge is 0.493 e. The van der Waals surface area contributed by atoms with E-state index in [1.807, 2.05) is 24.3 Å². The van der Waals surface area contributed by atoms with Crippen molar-refractivity contribution < 1.29 is 14.3 Å². The highest BCUT2D eigenvalue weighted by molar-refractivity contribution is 6.06. The molecule has 3 N–H and O–H groups in total. The fourth-order valence-electron chi connectivity index (χ4n) is 2.47. The van der Waals surface area contributed by atoms with Crippen LogP contribution in [-0.4, -0.2) is 30.2 Å². The molecule has 0 atom stereocenters. The van der Waals surface area contributed by atoms with Crippen LogP contribution in [0.5, 0.6) is 11.5 Å². The van der Waals surface area contributed by atoms with Crippen LogP contribution in [0.15, 0.2) is 54.6 Å². The fraction of sp³-hybridized carbons (Fsp3) is 0.100. The van der Waals surface area contributed by atoms with E-state index in [2.05, 4.69) is 10.2 Å². The van der Waals surface area contributed by atoms with E-state index in [4.69, 9.17) is 15.2 Å². The van der Waals surface area contributed by atoms with E-state index >= 15 is 0 Å². The number of carbonyl (C=O) groups is 1. The second kappa shape index (κ2) is 7.57.